The molecule has 2 aromatic carbocycles. The van der Waals surface area contributed by atoms with E-state index in [0.29, 0.717) is 22.4 Å². The number of ether oxygens (including phenoxy) is 1. The summed E-state index contributed by atoms with van der Waals surface area (Å²) >= 11 is 0. The lowest BCUT2D eigenvalue weighted by molar-refractivity contribution is -0.138. The van der Waals surface area contributed by atoms with Crippen LogP contribution in [0.3, 0.4) is 0 Å². The van der Waals surface area contributed by atoms with E-state index in [1.807, 2.05) is 6.07 Å². The number of halogens is 3. The van der Waals surface area contributed by atoms with Crippen molar-refractivity contribution in [2.45, 2.75) is 18.5 Å². The molecule has 1 atom stereocenters. The van der Waals surface area contributed by atoms with Gasteiger partial charge in [-0.3, -0.25) is 14.8 Å². The number of rotatable bonds is 6. The van der Waals surface area contributed by atoms with Crippen molar-refractivity contribution in [3.63, 3.8) is 0 Å². The predicted octanol–water partition coefficient (Wildman–Crippen LogP) is 6.06. The van der Waals surface area contributed by atoms with Crippen LogP contribution in [0.5, 0.6) is 5.75 Å². The number of carbonyl (C=O) groups is 1. The molecule has 0 amide bonds. The van der Waals surface area contributed by atoms with Crippen molar-refractivity contribution >= 4 is 16.7 Å². The molecule has 0 radical (unpaired) electrons. The molecule has 0 aliphatic carbocycles. The van der Waals surface area contributed by atoms with Crippen LogP contribution in [0.2, 0.25) is 0 Å². The van der Waals surface area contributed by atoms with Crippen LogP contribution in [0.15, 0.2) is 79.1 Å². The molecule has 32 heavy (non-hydrogen) atoms. The van der Waals surface area contributed by atoms with Crippen LogP contribution in [-0.2, 0) is 6.18 Å². The van der Waals surface area contributed by atoms with Crippen LogP contribution in [-0.4, -0.2) is 22.9 Å². The van der Waals surface area contributed by atoms with Crippen molar-refractivity contribution in [2.75, 3.05) is 7.11 Å². The van der Waals surface area contributed by atoms with Gasteiger partial charge in [-0.25, -0.2) is 0 Å². The van der Waals surface area contributed by atoms with Gasteiger partial charge in [0.2, 0.25) is 0 Å². The second-order valence-corrected chi connectivity index (χ2v) is 7.30. The summed E-state index contributed by atoms with van der Waals surface area (Å²) in [4.78, 5) is 21.5. The number of alkyl halides is 3. The van der Waals surface area contributed by atoms with Gasteiger partial charge in [-0.1, -0.05) is 30.3 Å². The second-order valence-electron chi connectivity index (χ2n) is 7.30. The Labute approximate surface area is 182 Å². The first-order valence-corrected chi connectivity index (χ1v) is 9.91. The number of Topliss-reactive ketones (excluding diaryl/α,β-unsaturated/α-hetero) is 1. The van der Waals surface area contributed by atoms with E-state index >= 15 is 0 Å². The van der Waals surface area contributed by atoms with Crippen molar-refractivity contribution in [2.24, 2.45) is 0 Å². The Morgan fingerprint density at radius 1 is 0.969 bits per heavy atom. The number of aromatic nitrogens is 2. The van der Waals surface area contributed by atoms with Crippen molar-refractivity contribution in [1.82, 2.24) is 9.97 Å². The number of ketones is 1. The fourth-order valence-electron chi connectivity index (χ4n) is 3.69. The summed E-state index contributed by atoms with van der Waals surface area (Å²) in [6.45, 7) is 0. The fraction of sp³-hybridized carbons (Fsp3) is 0.160. The Morgan fingerprint density at radius 2 is 1.69 bits per heavy atom. The van der Waals surface area contributed by atoms with Crippen molar-refractivity contribution < 1.29 is 22.7 Å². The third kappa shape index (κ3) is 4.46. The highest BCUT2D eigenvalue weighted by Gasteiger charge is 2.37. The maximum Gasteiger partial charge on any atom is 0.418 e. The van der Waals surface area contributed by atoms with Gasteiger partial charge in [0, 0.05) is 35.7 Å². The summed E-state index contributed by atoms with van der Waals surface area (Å²) in [6, 6.07) is 17.6. The smallest absolute Gasteiger partial charge is 0.418 e. The molecule has 0 saturated heterocycles. The van der Waals surface area contributed by atoms with Crippen LogP contribution in [0.1, 0.15) is 39.5 Å². The van der Waals surface area contributed by atoms with E-state index in [4.69, 9.17) is 4.74 Å². The van der Waals surface area contributed by atoms with Crippen molar-refractivity contribution in [3.8, 4) is 5.75 Å². The van der Waals surface area contributed by atoms with Gasteiger partial charge in [-0.05, 0) is 42.0 Å². The normalized spacial score (nSPS) is 12.5. The van der Waals surface area contributed by atoms with Crippen LogP contribution < -0.4 is 4.74 Å². The SMILES string of the molecule is COc1ccc([C@H](CC(=O)c2ccc3cccnc3c2)c2ncccc2C(F)(F)F)cc1. The first-order valence-electron chi connectivity index (χ1n) is 9.91. The summed E-state index contributed by atoms with van der Waals surface area (Å²) < 4.78 is 46.3. The highest BCUT2D eigenvalue weighted by atomic mass is 19.4. The summed E-state index contributed by atoms with van der Waals surface area (Å²) in [5.41, 5.74) is 0.542. The van der Waals surface area contributed by atoms with Gasteiger partial charge >= 0.3 is 6.18 Å². The molecule has 0 aliphatic rings. The monoisotopic (exact) mass is 436 g/mol. The van der Waals surface area contributed by atoms with Gasteiger partial charge in [0.05, 0.1) is 23.9 Å². The van der Waals surface area contributed by atoms with E-state index in [-0.39, 0.29) is 17.9 Å². The minimum Gasteiger partial charge on any atom is -0.497 e. The number of carbonyl (C=O) groups excluding carboxylic acids is 1. The van der Waals surface area contributed by atoms with Crippen molar-refractivity contribution in [3.05, 3.63) is 102 Å². The first-order chi connectivity index (χ1) is 15.4. The maximum absolute atomic E-state index is 13.7. The topological polar surface area (TPSA) is 52.1 Å². The Bertz CT molecular complexity index is 1250. The number of benzene rings is 2. The Kier molecular flexibility index (Phi) is 5.90. The zero-order valence-electron chi connectivity index (χ0n) is 17.1. The molecule has 0 saturated carbocycles. The lowest BCUT2D eigenvalue weighted by atomic mass is 9.86. The summed E-state index contributed by atoms with van der Waals surface area (Å²) in [6.07, 6.45) is -1.83. The lowest BCUT2D eigenvalue weighted by Gasteiger charge is -2.21. The maximum atomic E-state index is 13.7. The summed E-state index contributed by atoms with van der Waals surface area (Å²) in [5.74, 6) is -0.612. The Balaban J connectivity index is 1.76. The van der Waals surface area contributed by atoms with E-state index in [9.17, 15) is 18.0 Å². The molecule has 0 N–H and O–H groups in total. The van der Waals surface area contributed by atoms with Gasteiger partial charge < -0.3 is 4.74 Å². The standard InChI is InChI=1S/C25H19F3N2O2/c1-32-19-10-8-16(9-11-19)20(24-21(25(26,27)28)5-3-13-30-24)15-23(31)18-7-6-17-4-2-12-29-22(17)14-18/h2-14,20H,15H2,1H3/t20-/m0/s1. The van der Waals surface area contributed by atoms with Crippen LogP contribution in [0, 0.1) is 0 Å². The van der Waals surface area contributed by atoms with Crippen molar-refractivity contribution in [1.29, 1.82) is 0 Å². The summed E-state index contributed by atoms with van der Waals surface area (Å²) in [5, 5.41) is 0.875. The Morgan fingerprint density at radius 3 is 2.41 bits per heavy atom. The van der Waals surface area contributed by atoms with E-state index < -0.39 is 17.7 Å². The van der Waals surface area contributed by atoms with Crippen LogP contribution >= 0.6 is 0 Å². The number of nitrogens with zero attached hydrogens (tertiary/aromatic N) is 2. The number of methoxy groups -OCH3 is 1. The van der Waals surface area contributed by atoms with E-state index in [1.54, 1.807) is 54.7 Å². The molecular formula is C25H19F3N2O2. The molecule has 2 heterocycles. The largest absolute Gasteiger partial charge is 0.497 e. The summed E-state index contributed by atoms with van der Waals surface area (Å²) in [7, 11) is 1.50. The van der Waals surface area contributed by atoms with Gasteiger partial charge in [0.1, 0.15) is 5.75 Å². The minimum absolute atomic E-state index is 0.176. The molecular weight excluding hydrogens is 417 g/mol. The molecule has 0 bridgehead atoms. The number of pyridine rings is 2. The first kappa shape index (κ1) is 21.5. The van der Waals surface area contributed by atoms with Crippen LogP contribution in [0.4, 0.5) is 13.2 Å². The molecule has 0 unspecified atom stereocenters. The van der Waals surface area contributed by atoms with Gasteiger partial charge in [-0.2, -0.15) is 13.2 Å². The van der Waals surface area contributed by atoms with E-state index in [1.165, 1.54) is 19.4 Å². The average molecular weight is 436 g/mol. The third-order valence-electron chi connectivity index (χ3n) is 5.31. The van der Waals surface area contributed by atoms with Gasteiger partial charge in [0.25, 0.3) is 0 Å². The second kappa shape index (κ2) is 8.78. The molecule has 4 rings (SSSR count). The van der Waals surface area contributed by atoms with E-state index in [0.717, 1.165) is 11.5 Å². The minimum atomic E-state index is -4.59. The molecule has 7 heteroatoms. The Hall–Kier alpha value is -3.74. The average Bonchev–Trinajstić information content (AvgIpc) is 2.81. The molecule has 0 spiro atoms. The van der Waals surface area contributed by atoms with E-state index in [2.05, 4.69) is 9.97 Å². The lowest BCUT2D eigenvalue weighted by Crippen LogP contribution is -2.17. The highest BCUT2D eigenvalue weighted by Crippen LogP contribution is 2.38. The van der Waals surface area contributed by atoms with Gasteiger partial charge in [-0.15, -0.1) is 0 Å². The molecule has 0 fully saturated rings. The van der Waals surface area contributed by atoms with Gasteiger partial charge in [0.15, 0.2) is 5.78 Å². The molecule has 0 aliphatic heterocycles. The molecule has 162 valence electrons. The number of fused-ring (bicyclic) bond motifs is 1. The quantitative estimate of drug-likeness (QED) is 0.345. The third-order valence-corrected chi connectivity index (χ3v) is 5.31. The highest BCUT2D eigenvalue weighted by molar-refractivity contribution is 5.99. The fourth-order valence-corrected chi connectivity index (χ4v) is 3.69. The number of hydrogen-bond acceptors (Lipinski definition) is 4. The molecule has 2 aromatic heterocycles. The molecule has 4 nitrogen and oxygen atoms in total. The zero-order valence-corrected chi connectivity index (χ0v) is 17.1. The zero-order chi connectivity index (χ0) is 22.7. The van der Waals surface area contributed by atoms with Crippen LogP contribution in [0.25, 0.3) is 10.9 Å². The predicted molar refractivity (Wildman–Crippen MR) is 115 cm³/mol. The number of hydrogen-bond donors (Lipinski definition) is 0. The molecule has 4 aromatic rings.